The number of nitrogens with zero attached hydrogens (tertiary/aromatic N) is 1. The number of ether oxygens (including phenoxy) is 1. The van der Waals surface area contributed by atoms with Crippen LogP contribution in [-0.4, -0.2) is 11.6 Å². The van der Waals surface area contributed by atoms with E-state index in [0.717, 1.165) is 6.20 Å². The van der Waals surface area contributed by atoms with Crippen LogP contribution < -0.4 is 10.1 Å². The molecular weight excluding hydrogens is 262 g/mol. The standard InChI is InChI=1S/C15H16F2N2O/c1-3-20-15-7-12(16)4-5-14(15)19-10(2)11-6-13(17)9-18-8-11/h4-10,19H,3H2,1-2H3. The molecule has 106 valence electrons. The third-order valence-corrected chi connectivity index (χ3v) is 2.84. The lowest BCUT2D eigenvalue weighted by Gasteiger charge is -2.18. The molecule has 1 N–H and O–H groups in total. The minimum absolute atomic E-state index is 0.178. The molecule has 0 aliphatic heterocycles. The predicted octanol–water partition coefficient (Wildman–Crippen LogP) is 3.93. The second kappa shape index (κ2) is 6.32. The molecule has 0 saturated carbocycles. The van der Waals surface area contributed by atoms with Gasteiger partial charge in [0.1, 0.15) is 17.4 Å². The molecule has 1 aromatic heterocycles. The molecule has 2 aromatic rings. The Labute approximate surface area is 116 Å². The SMILES string of the molecule is CCOc1cc(F)ccc1NC(C)c1cncc(F)c1. The van der Waals surface area contributed by atoms with Crippen LogP contribution in [0.1, 0.15) is 25.5 Å². The maximum Gasteiger partial charge on any atom is 0.145 e. The average molecular weight is 278 g/mol. The van der Waals surface area contributed by atoms with Gasteiger partial charge in [0.05, 0.1) is 24.5 Å². The molecular formula is C15H16F2N2O. The molecule has 2 rings (SSSR count). The molecule has 1 aromatic carbocycles. The van der Waals surface area contributed by atoms with E-state index in [9.17, 15) is 8.78 Å². The zero-order chi connectivity index (χ0) is 14.5. The highest BCUT2D eigenvalue weighted by molar-refractivity contribution is 5.57. The Morgan fingerprint density at radius 3 is 2.70 bits per heavy atom. The Kier molecular flexibility index (Phi) is 4.50. The summed E-state index contributed by atoms with van der Waals surface area (Å²) in [6.07, 6.45) is 2.74. The number of anilines is 1. The summed E-state index contributed by atoms with van der Waals surface area (Å²) in [7, 11) is 0. The fraction of sp³-hybridized carbons (Fsp3) is 0.267. The molecule has 0 bridgehead atoms. The first-order chi connectivity index (χ1) is 9.60. The van der Waals surface area contributed by atoms with Gasteiger partial charge >= 0.3 is 0 Å². The van der Waals surface area contributed by atoms with Gasteiger partial charge in [0.15, 0.2) is 0 Å². The van der Waals surface area contributed by atoms with Crippen molar-refractivity contribution in [2.45, 2.75) is 19.9 Å². The quantitative estimate of drug-likeness (QED) is 0.899. The predicted molar refractivity (Wildman–Crippen MR) is 73.8 cm³/mol. The topological polar surface area (TPSA) is 34.1 Å². The number of aromatic nitrogens is 1. The molecule has 0 amide bonds. The number of hydrogen-bond donors (Lipinski definition) is 1. The van der Waals surface area contributed by atoms with Crippen LogP contribution in [0.2, 0.25) is 0 Å². The lowest BCUT2D eigenvalue weighted by molar-refractivity contribution is 0.339. The minimum Gasteiger partial charge on any atom is -0.492 e. The Bertz CT molecular complexity index is 590. The molecule has 1 heterocycles. The number of halogens is 2. The zero-order valence-electron chi connectivity index (χ0n) is 11.4. The van der Waals surface area contributed by atoms with Gasteiger partial charge in [-0.05, 0) is 37.6 Å². The van der Waals surface area contributed by atoms with Crippen LogP contribution in [0.15, 0.2) is 36.7 Å². The Hall–Kier alpha value is -2.17. The van der Waals surface area contributed by atoms with Gasteiger partial charge in [0.25, 0.3) is 0 Å². The molecule has 5 heteroatoms. The highest BCUT2D eigenvalue weighted by atomic mass is 19.1. The number of benzene rings is 1. The summed E-state index contributed by atoms with van der Waals surface area (Å²) >= 11 is 0. The van der Waals surface area contributed by atoms with Crippen molar-refractivity contribution in [3.63, 3.8) is 0 Å². The Balaban J connectivity index is 2.21. The van der Waals surface area contributed by atoms with Crippen LogP contribution >= 0.6 is 0 Å². The second-order valence-electron chi connectivity index (χ2n) is 4.38. The van der Waals surface area contributed by atoms with Crippen LogP contribution in [0.5, 0.6) is 5.75 Å². The number of nitrogens with one attached hydrogen (secondary N) is 1. The Morgan fingerprint density at radius 2 is 2.00 bits per heavy atom. The van der Waals surface area contributed by atoms with E-state index in [1.165, 1.54) is 18.2 Å². The molecule has 0 fully saturated rings. The molecule has 3 nitrogen and oxygen atoms in total. The van der Waals surface area contributed by atoms with Crippen LogP contribution in [0.3, 0.4) is 0 Å². The van der Waals surface area contributed by atoms with Gasteiger partial charge in [-0.1, -0.05) is 0 Å². The fourth-order valence-electron chi connectivity index (χ4n) is 1.87. The fourth-order valence-corrected chi connectivity index (χ4v) is 1.87. The summed E-state index contributed by atoms with van der Waals surface area (Å²) in [4.78, 5) is 3.81. The van der Waals surface area contributed by atoms with Crippen LogP contribution in [0.4, 0.5) is 14.5 Å². The highest BCUT2D eigenvalue weighted by Crippen LogP contribution is 2.29. The summed E-state index contributed by atoms with van der Waals surface area (Å²) in [5.74, 6) is -0.317. The van der Waals surface area contributed by atoms with E-state index in [4.69, 9.17) is 4.74 Å². The largest absolute Gasteiger partial charge is 0.492 e. The van der Waals surface area contributed by atoms with Crippen molar-refractivity contribution in [3.8, 4) is 5.75 Å². The first-order valence-electron chi connectivity index (χ1n) is 6.39. The highest BCUT2D eigenvalue weighted by Gasteiger charge is 2.11. The van der Waals surface area contributed by atoms with Crippen molar-refractivity contribution < 1.29 is 13.5 Å². The average Bonchev–Trinajstić information content (AvgIpc) is 2.42. The molecule has 1 atom stereocenters. The smallest absolute Gasteiger partial charge is 0.145 e. The molecule has 20 heavy (non-hydrogen) atoms. The van der Waals surface area contributed by atoms with Crippen molar-refractivity contribution in [2.24, 2.45) is 0 Å². The van der Waals surface area contributed by atoms with E-state index >= 15 is 0 Å². The van der Waals surface area contributed by atoms with Crippen LogP contribution in [0.25, 0.3) is 0 Å². The lowest BCUT2D eigenvalue weighted by Crippen LogP contribution is -2.09. The van der Waals surface area contributed by atoms with Crippen molar-refractivity contribution in [1.82, 2.24) is 4.98 Å². The number of pyridine rings is 1. The van der Waals surface area contributed by atoms with Crippen molar-refractivity contribution in [3.05, 3.63) is 53.9 Å². The third kappa shape index (κ3) is 3.44. The first kappa shape index (κ1) is 14.2. The van der Waals surface area contributed by atoms with E-state index in [0.29, 0.717) is 23.6 Å². The van der Waals surface area contributed by atoms with Gasteiger partial charge in [-0.25, -0.2) is 8.78 Å². The van der Waals surface area contributed by atoms with Gasteiger partial charge < -0.3 is 10.1 Å². The lowest BCUT2D eigenvalue weighted by atomic mass is 10.1. The summed E-state index contributed by atoms with van der Waals surface area (Å²) in [5, 5.41) is 3.17. The van der Waals surface area contributed by atoms with E-state index in [1.54, 1.807) is 12.3 Å². The van der Waals surface area contributed by atoms with Gasteiger partial charge in [0, 0.05) is 12.3 Å². The summed E-state index contributed by atoms with van der Waals surface area (Å²) in [6.45, 7) is 4.14. The normalized spacial score (nSPS) is 12.0. The Morgan fingerprint density at radius 1 is 1.20 bits per heavy atom. The van der Waals surface area contributed by atoms with E-state index in [1.807, 2.05) is 13.8 Å². The van der Waals surface area contributed by atoms with Gasteiger partial charge in [-0.2, -0.15) is 0 Å². The van der Waals surface area contributed by atoms with E-state index in [2.05, 4.69) is 10.3 Å². The van der Waals surface area contributed by atoms with Crippen molar-refractivity contribution in [2.75, 3.05) is 11.9 Å². The third-order valence-electron chi connectivity index (χ3n) is 2.84. The first-order valence-corrected chi connectivity index (χ1v) is 6.39. The molecule has 0 saturated heterocycles. The molecule has 0 aliphatic carbocycles. The summed E-state index contributed by atoms with van der Waals surface area (Å²) in [5.41, 5.74) is 1.36. The molecule has 1 unspecified atom stereocenters. The second-order valence-corrected chi connectivity index (χ2v) is 4.38. The minimum atomic E-state index is -0.389. The monoisotopic (exact) mass is 278 g/mol. The molecule has 0 spiro atoms. The van der Waals surface area contributed by atoms with E-state index < -0.39 is 0 Å². The molecule has 0 radical (unpaired) electrons. The van der Waals surface area contributed by atoms with Gasteiger partial charge in [-0.3, -0.25) is 4.98 Å². The maximum atomic E-state index is 13.2. The van der Waals surface area contributed by atoms with Crippen LogP contribution in [-0.2, 0) is 0 Å². The number of hydrogen-bond acceptors (Lipinski definition) is 3. The zero-order valence-corrected chi connectivity index (χ0v) is 11.4. The van der Waals surface area contributed by atoms with Gasteiger partial charge in [-0.15, -0.1) is 0 Å². The van der Waals surface area contributed by atoms with Crippen LogP contribution in [0, 0.1) is 11.6 Å². The maximum absolute atomic E-state index is 13.2. The molecule has 0 aliphatic rings. The number of rotatable bonds is 5. The van der Waals surface area contributed by atoms with Crippen molar-refractivity contribution in [1.29, 1.82) is 0 Å². The summed E-state index contributed by atoms with van der Waals surface area (Å²) < 4.78 is 31.8. The van der Waals surface area contributed by atoms with Crippen molar-refractivity contribution >= 4 is 5.69 Å². The van der Waals surface area contributed by atoms with E-state index in [-0.39, 0.29) is 17.7 Å². The van der Waals surface area contributed by atoms with Gasteiger partial charge in [0.2, 0.25) is 0 Å². The summed E-state index contributed by atoms with van der Waals surface area (Å²) in [6, 6.07) is 5.50.